The molecule has 1 unspecified atom stereocenters. The Bertz CT molecular complexity index is 722. The molecule has 0 radical (unpaired) electrons. The standard InChI is InChI=1S/C13H8Cl2FNO4S/c14-8-2-1-6(3-9(8)15)21-11(16)12(18)17-10-5-22-4-7(10)13(19)20/h1-5,11H,(H,17,18)(H,19,20). The van der Waals surface area contributed by atoms with Gasteiger partial charge in [0.1, 0.15) is 5.75 Å². The first-order valence-electron chi connectivity index (χ1n) is 5.74. The van der Waals surface area contributed by atoms with Gasteiger partial charge in [-0.2, -0.15) is 4.39 Å². The number of benzene rings is 1. The van der Waals surface area contributed by atoms with Gasteiger partial charge >= 0.3 is 12.3 Å². The Morgan fingerprint density at radius 2 is 2.00 bits per heavy atom. The molecule has 22 heavy (non-hydrogen) atoms. The van der Waals surface area contributed by atoms with E-state index < -0.39 is 18.2 Å². The summed E-state index contributed by atoms with van der Waals surface area (Å²) >= 11 is 12.5. The number of amides is 1. The summed E-state index contributed by atoms with van der Waals surface area (Å²) in [7, 11) is 0. The van der Waals surface area contributed by atoms with Crippen LogP contribution in [0.3, 0.4) is 0 Å². The zero-order chi connectivity index (χ0) is 16.3. The van der Waals surface area contributed by atoms with E-state index in [0.29, 0.717) is 0 Å². The monoisotopic (exact) mass is 363 g/mol. The molecule has 0 aliphatic rings. The zero-order valence-electron chi connectivity index (χ0n) is 10.7. The summed E-state index contributed by atoms with van der Waals surface area (Å²) in [5.74, 6) is -2.34. The zero-order valence-corrected chi connectivity index (χ0v) is 13.0. The Kier molecular flexibility index (Phi) is 5.23. The molecular weight excluding hydrogens is 356 g/mol. The van der Waals surface area contributed by atoms with E-state index >= 15 is 0 Å². The van der Waals surface area contributed by atoms with Gasteiger partial charge in [0.2, 0.25) is 0 Å². The van der Waals surface area contributed by atoms with Gasteiger partial charge in [0.15, 0.2) is 0 Å². The molecule has 1 aromatic heterocycles. The summed E-state index contributed by atoms with van der Waals surface area (Å²) in [4.78, 5) is 22.6. The second kappa shape index (κ2) is 6.95. The molecule has 2 rings (SSSR count). The third-order valence-corrected chi connectivity index (χ3v) is 3.97. The first-order chi connectivity index (χ1) is 10.4. The Hall–Kier alpha value is -1.83. The summed E-state index contributed by atoms with van der Waals surface area (Å²) in [5, 5.41) is 14.2. The van der Waals surface area contributed by atoms with Crippen molar-refractivity contribution < 1.29 is 23.8 Å². The maximum Gasteiger partial charge on any atom is 0.338 e. The molecule has 0 fully saturated rings. The smallest absolute Gasteiger partial charge is 0.338 e. The number of rotatable bonds is 5. The van der Waals surface area contributed by atoms with Gasteiger partial charge < -0.3 is 15.2 Å². The van der Waals surface area contributed by atoms with Crippen LogP contribution in [0.25, 0.3) is 0 Å². The molecule has 0 aliphatic carbocycles. The summed E-state index contributed by atoms with van der Waals surface area (Å²) < 4.78 is 18.6. The van der Waals surface area contributed by atoms with Crippen molar-refractivity contribution >= 4 is 52.1 Å². The highest BCUT2D eigenvalue weighted by atomic mass is 35.5. The molecule has 0 aliphatic heterocycles. The predicted octanol–water partition coefficient (Wildman–Crippen LogP) is 4.07. The molecule has 1 atom stereocenters. The largest absolute Gasteiger partial charge is 0.478 e. The molecule has 2 N–H and O–H groups in total. The van der Waals surface area contributed by atoms with E-state index in [2.05, 4.69) is 5.32 Å². The molecule has 0 spiro atoms. The average molecular weight is 364 g/mol. The van der Waals surface area contributed by atoms with Crippen molar-refractivity contribution in [2.24, 2.45) is 0 Å². The van der Waals surface area contributed by atoms with Crippen LogP contribution >= 0.6 is 34.5 Å². The number of ether oxygens (including phenoxy) is 1. The lowest BCUT2D eigenvalue weighted by atomic mass is 10.3. The Morgan fingerprint density at radius 3 is 2.64 bits per heavy atom. The number of aromatic carboxylic acids is 1. The molecule has 116 valence electrons. The Labute approximate surface area is 138 Å². The molecule has 2 aromatic rings. The van der Waals surface area contributed by atoms with Crippen molar-refractivity contribution in [3.8, 4) is 5.75 Å². The second-order valence-corrected chi connectivity index (χ2v) is 5.56. The van der Waals surface area contributed by atoms with Crippen LogP contribution in [0.2, 0.25) is 10.0 Å². The minimum absolute atomic E-state index is 0.00267. The van der Waals surface area contributed by atoms with Crippen molar-refractivity contribution in [1.82, 2.24) is 0 Å². The summed E-state index contributed by atoms with van der Waals surface area (Å²) in [6.45, 7) is 0. The van der Waals surface area contributed by atoms with Crippen LogP contribution in [0.4, 0.5) is 10.1 Å². The molecule has 0 saturated heterocycles. The normalized spacial score (nSPS) is 11.8. The number of thiophene rings is 1. The van der Waals surface area contributed by atoms with Crippen LogP contribution < -0.4 is 10.1 Å². The van der Waals surface area contributed by atoms with Crippen LogP contribution in [0.1, 0.15) is 10.4 Å². The van der Waals surface area contributed by atoms with Gasteiger partial charge in [0, 0.05) is 16.8 Å². The lowest BCUT2D eigenvalue weighted by Gasteiger charge is -2.12. The molecule has 5 nitrogen and oxygen atoms in total. The highest BCUT2D eigenvalue weighted by Gasteiger charge is 2.22. The molecule has 1 heterocycles. The van der Waals surface area contributed by atoms with Gasteiger partial charge in [-0.05, 0) is 12.1 Å². The van der Waals surface area contributed by atoms with E-state index in [-0.39, 0.29) is 27.0 Å². The van der Waals surface area contributed by atoms with Gasteiger partial charge in [-0.25, -0.2) is 4.79 Å². The van der Waals surface area contributed by atoms with E-state index in [1.165, 1.54) is 29.0 Å². The fourth-order valence-corrected chi connectivity index (χ4v) is 2.51. The average Bonchev–Trinajstić information content (AvgIpc) is 2.91. The molecule has 1 aromatic carbocycles. The van der Waals surface area contributed by atoms with Crippen LogP contribution in [0, 0.1) is 0 Å². The predicted molar refractivity (Wildman–Crippen MR) is 81.9 cm³/mol. The first kappa shape index (κ1) is 16.5. The quantitative estimate of drug-likeness (QED) is 0.839. The van der Waals surface area contributed by atoms with E-state index in [1.807, 2.05) is 0 Å². The van der Waals surface area contributed by atoms with E-state index in [9.17, 15) is 14.0 Å². The SMILES string of the molecule is O=C(O)c1cscc1NC(=O)C(F)Oc1ccc(Cl)c(Cl)c1. The number of hydrogen-bond donors (Lipinski definition) is 2. The first-order valence-corrected chi connectivity index (χ1v) is 7.44. The molecular formula is C13H8Cl2FNO4S. The third kappa shape index (κ3) is 3.88. The van der Waals surface area contributed by atoms with Crippen molar-refractivity contribution in [2.45, 2.75) is 6.36 Å². The van der Waals surface area contributed by atoms with Crippen LogP contribution in [-0.4, -0.2) is 23.3 Å². The van der Waals surface area contributed by atoms with Crippen molar-refractivity contribution in [3.63, 3.8) is 0 Å². The van der Waals surface area contributed by atoms with Crippen molar-refractivity contribution in [2.75, 3.05) is 5.32 Å². The highest BCUT2D eigenvalue weighted by Crippen LogP contribution is 2.27. The van der Waals surface area contributed by atoms with Crippen LogP contribution in [0.5, 0.6) is 5.75 Å². The number of carboxylic acids is 1. The number of nitrogens with one attached hydrogen (secondary N) is 1. The summed E-state index contributed by atoms with van der Waals surface area (Å²) in [6, 6.07) is 4.00. The summed E-state index contributed by atoms with van der Waals surface area (Å²) in [6.07, 6.45) is -2.33. The van der Waals surface area contributed by atoms with Crippen molar-refractivity contribution in [1.29, 1.82) is 0 Å². The highest BCUT2D eigenvalue weighted by molar-refractivity contribution is 7.08. The fourth-order valence-electron chi connectivity index (χ4n) is 1.47. The number of carboxylic acid groups (broad SMARTS) is 1. The van der Waals surface area contributed by atoms with Gasteiger partial charge in [-0.3, -0.25) is 4.79 Å². The van der Waals surface area contributed by atoms with Gasteiger partial charge in [0.25, 0.3) is 5.91 Å². The molecule has 0 bridgehead atoms. The van der Waals surface area contributed by atoms with E-state index in [0.717, 1.165) is 11.3 Å². The number of halogens is 3. The molecule has 9 heteroatoms. The topological polar surface area (TPSA) is 75.6 Å². The fraction of sp³-hybridized carbons (Fsp3) is 0.0769. The third-order valence-electron chi connectivity index (χ3n) is 2.49. The van der Waals surface area contributed by atoms with Gasteiger partial charge in [-0.1, -0.05) is 23.2 Å². The lowest BCUT2D eigenvalue weighted by Crippen LogP contribution is -2.29. The van der Waals surface area contributed by atoms with Crippen LogP contribution in [0.15, 0.2) is 29.0 Å². The number of carbonyl (C=O) groups is 2. The number of alkyl halides is 1. The van der Waals surface area contributed by atoms with Crippen molar-refractivity contribution in [3.05, 3.63) is 44.6 Å². The minimum Gasteiger partial charge on any atom is -0.478 e. The maximum atomic E-state index is 13.8. The van der Waals surface area contributed by atoms with Gasteiger partial charge in [-0.15, -0.1) is 11.3 Å². The minimum atomic E-state index is -2.33. The second-order valence-electron chi connectivity index (χ2n) is 4.00. The summed E-state index contributed by atoms with van der Waals surface area (Å²) in [5.41, 5.74) is -0.122. The molecule has 0 saturated carbocycles. The Morgan fingerprint density at radius 1 is 1.27 bits per heavy atom. The Balaban J connectivity index is 2.04. The van der Waals surface area contributed by atoms with E-state index in [1.54, 1.807) is 0 Å². The molecule has 1 amide bonds. The van der Waals surface area contributed by atoms with Gasteiger partial charge in [0.05, 0.1) is 21.3 Å². The number of carbonyl (C=O) groups excluding carboxylic acids is 1. The maximum absolute atomic E-state index is 13.8. The number of hydrogen-bond acceptors (Lipinski definition) is 4. The van der Waals surface area contributed by atoms with Crippen LogP contribution in [-0.2, 0) is 4.79 Å². The van der Waals surface area contributed by atoms with E-state index in [4.69, 9.17) is 33.0 Å². The number of anilines is 1. The lowest BCUT2D eigenvalue weighted by molar-refractivity contribution is -0.129.